The van der Waals surface area contributed by atoms with Crippen molar-refractivity contribution < 1.29 is 0 Å². The Kier molecular flexibility index (Phi) is 10.3. The monoisotopic (exact) mass is 444 g/mol. The third-order valence-corrected chi connectivity index (χ3v) is 4.45. The topological polar surface area (TPSA) is 39.7 Å². The highest BCUT2D eigenvalue weighted by molar-refractivity contribution is 14.0. The van der Waals surface area contributed by atoms with Crippen molar-refractivity contribution in [2.24, 2.45) is 4.99 Å². The molecule has 2 N–H and O–H groups in total. The fraction of sp³-hybridized carbons (Fsp3) is 0.632. The van der Waals surface area contributed by atoms with Gasteiger partial charge in [-0.1, -0.05) is 30.3 Å². The van der Waals surface area contributed by atoms with Crippen molar-refractivity contribution in [1.82, 2.24) is 15.5 Å². The van der Waals surface area contributed by atoms with Crippen LogP contribution in [-0.2, 0) is 6.42 Å². The van der Waals surface area contributed by atoms with E-state index in [-0.39, 0.29) is 24.0 Å². The molecular formula is C19H33IN4. The van der Waals surface area contributed by atoms with E-state index in [1.165, 1.54) is 18.4 Å². The molecule has 1 aliphatic rings. The highest BCUT2D eigenvalue weighted by Crippen LogP contribution is 2.26. The number of aliphatic imine (C=N–C) groups is 1. The molecular weight excluding hydrogens is 411 g/mol. The molecule has 1 unspecified atom stereocenters. The Bertz CT molecular complexity index is 474. The molecule has 0 radical (unpaired) electrons. The van der Waals surface area contributed by atoms with Crippen LogP contribution in [0.15, 0.2) is 35.3 Å². The number of halogens is 1. The molecule has 5 heteroatoms. The Labute approximate surface area is 164 Å². The minimum atomic E-state index is 0. The summed E-state index contributed by atoms with van der Waals surface area (Å²) in [4.78, 5) is 7.20. The maximum Gasteiger partial charge on any atom is 0.191 e. The third kappa shape index (κ3) is 7.83. The van der Waals surface area contributed by atoms with Gasteiger partial charge in [0.05, 0.1) is 6.54 Å². The summed E-state index contributed by atoms with van der Waals surface area (Å²) in [6.07, 6.45) is 4.92. The first-order valence-electron chi connectivity index (χ1n) is 8.98. The van der Waals surface area contributed by atoms with Crippen molar-refractivity contribution in [3.8, 4) is 0 Å². The molecule has 0 amide bonds. The quantitative estimate of drug-likeness (QED) is 0.266. The van der Waals surface area contributed by atoms with Crippen LogP contribution in [0, 0.1) is 0 Å². The summed E-state index contributed by atoms with van der Waals surface area (Å²) in [5.74, 6) is 0.941. The zero-order valence-electron chi connectivity index (χ0n) is 15.3. The third-order valence-electron chi connectivity index (χ3n) is 4.45. The Balaban J connectivity index is 0.00000288. The number of aryl methyl sites for hydroxylation is 1. The Morgan fingerprint density at radius 1 is 1.25 bits per heavy atom. The smallest absolute Gasteiger partial charge is 0.191 e. The average molecular weight is 444 g/mol. The zero-order chi connectivity index (χ0) is 16.5. The van der Waals surface area contributed by atoms with Gasteiger partial charge in [-0.15, -0.1) is 24.0 Å². The molecule has 24 heavy (non-hydrogen) atoms. The van der Waals surface area contributed by atoms with E-state index in [1.807, 2.05) is 0 Å². The lowest BCUT2D eigenvalue weighted by molar-refractivity contribution is 0.253. The summed E-state index contributed by atoms with van der Waals surface area (Å²) in [6.45, 7) is 7.08. The Morgan fingerprint density at radius 3 is 2.58 bits per heavy atom. The summed E-state index contributed by atoms with van der Waals surface area (Å²) < 4.78 is 0. The van der Waals surface area contributed by atoms with Crippen LogP contribution in [0.2, 0.25) is 0 Å². The summed E-state index contributed by atoms with van der Waals surface area (Å²) in [5, 5.41) is 6.79. The second-order valence-electron chi connectivity index (χ2n) is 6.48. The van der Waals surface area contributed by atoms with Gasteiger partial charge in [0.15, 0.2) is 5.96 Å². The van der Waals surface area contributed by atoms with Crippen molar-refractivity contribution in [3.05, 3.63) is 35.9 Å². The number of likely N-dealkylation sites (N-methyl/N-ethyl adjacent to an activating group) is 1. The number of nitrogens with one attached hydrogen (secondary N) is 2. The Morgan fingerprint density at radius 2 is 1.96 bits per heavy atom. The van der Waals surface area contributed by atoms with Crippen LogP contribution >= 0.6 is 24.0 Å². The predicted molar refractivity (Wildman–Crippen MR) is 114 cm³/mol. The van der Waals surface area contributed by atoms with Gasteiger partial charge >= 0.3 is 0 Å². The van der Waals surface area contributed by atoms with Crippen LogP contribution in [-0.4, -0.2) is 49.6 Å². The van der Waals surface area contributed by atoms with Gasteiger partial charge in [-0.05, 0) is 52.1 Å². The van der Waals surface area contributed by atoms with E-state index in [0.29, 0.717) is 6.04 Å². The van der Waals surface area contributed by atoms with Crippen molar-refractivity contribution in [2.45, 2.75) is 51.6 Å². The lowest BCUT2D eigenvalue weighted by Gasteiger charge is -2.23. The molecule has 1 aromatic carbocycles. The molecule has 1 aliphatic carbocycles. The normalized spacial score (nSPS) is 15.8. The van der Waals surface area contributed by atoms with E-state index < -0.39 is 0 Å². The standard InChI is InChI=1S/C19H32N4.HI/c1-4-20-19(22-15-16(2)23(3)18-12-13-18)21-14-8-11-17-9-6-5-7-10-17;/h5-7,9-10,16,18H,4,8,11-15H2,1-3H3,(H2,20,21,22);1H. The van der Waals surface area contributed by atoms with Crippen LogP contribution in [0.3, 0.4) is 0 Å². The molecule has 0 aliphatic heterocycles. The minimum Gasteiger partial charge on any atom is -0.357 e. The van der Waals surface area contributed by atoms with Crippen LogP contribution in [0.5, 0.6) is 0 Å². The van der Waals surface area contributed by atoms with Gasteiger partial charge < -0.3 is 10.6 Å². The maximum absolute atomic E-state index is 4.74. The molecule has 1 fully saturated rings. The second kappa shape index (κ2) is 11.7. The van der Waals surface area contributed by atoms with Crippen molar-refractivity contribution in [2.75, 3.05) is 26.7 Å². The number of rotatable bonds is 9. The van der Waals surface area contributed by atoms with Gasteiger partial charge in [0.1, 0.15) is 0 Å². The van der Waals surface area contributed by atoms with Crippen LogP contribution < -0.4 is 10.6 Å². The maximum atomic E-state index is 4.74. The molecule has 1 aromatic rings. The van der Waals surface area contributed by atoms with Crippen molar-refractivity contribution in [1.29, 1.82) is 0 Å². The summed E-state index contributed by atoms with van der Waals surface area (Å²) in [7, 11) is 2.22. The molecule has 0 bridgehead atoms. The molecule has 1 atom stereocenters. The van der Waals surface area contributed by atoms with Crippen LogP contribution in [0.1, 0.15) is 38.7 Å². The first-order chi connectivity index (χ1) is 11.2. The number of hydrogen-bond acceptors (Lipinski definition) is 2. The van der Waals surface area contributed by atoms with Gasteiger partial charge in [-0.3, -0.25) is 9.89 Å². The summed E-state index contributed by atoms with van der Waals surface area (Å²) in [5.41, 5.74) is 1.40. The first-order valence-corrected chi connectivity index (χ1v) is 8.98. The van der Waals surface area contributed by atoms with Gasteiger partial charge in [0, 0.05) is 25.2 Å². The zero-order valence-corrected chi connectivity index (χ0v) is 17.6. The molecule has 0 heterocycles. The van der Waals surface area contributed by atoms with E-state index in [4.69, 9.17) is 4.99 Å². The fourth-order valence-electron chi connectivity index (χ4n) is 2.68. The highest BCUT2D eigenvalue weighted by atomic mass is 127. The van der Waals surface area contributed by atoms with E-state index in [2.05, 4.69) is 66.8 Å². The number of benzene rings is 1. The van der Waals surface area contributed by atoms with Crippen LogP contribution in [0.25, 0.3) is 0 Å². The number of guanidine groups is 1. The largest absolute Gasteiger partial charge is 0.357 e. The number of nitrogens with zero attached hydrogens (tertiary/aromatic N) is 2. The van der Waals surface area contributed by atoms with Crippen molar-refractivity contribution >= 4 is 29.9 Å². The molecule has 4 nitrogen and oxygen atoms in total. The number of hydrogen-bond donors (Lipinski definition) is 2. The molecule has 0 spiro atoms. The van der Waals surface area contributed by atoms with Gasteiger partial charge in [0.25, 0.3) is 0 Å². The fourth-order valence-corrected chi connectivity index (χ4v) is 2.68. The minimum absolute atomic E-state index is 0. The van der Waals surface area contributed by atoms with Gasteiger partial charge in [-0.25, -0.2) is 0 Å². The van der Waals surface area contributed by atoms with Crippen LogP contribution in [0.4, 0.5) is 0 Å². The summed E-state index contributed by atoms with van der Waals surface area (Å²) >= 11 is 0. The van der Waals surface area contributed by atoms with E-state index in [1.54, 1.807) is 0 Å². The molecule has 2 rings (SSSR count). The molecule has 1 saturated carbocycles. The van der Waals surface area contributed by atoms with E-state index in [0.717, 1.165) is 44.5 Å². The van der Waals surface area contributed by atoms with Crippen molar-refractivity contribution in [3.63, 3.8) is 0 Å². The molecule has 136 valence electrons. The highest BCUT2D eigenvalue weighted by Gasteiger charge is 2.28. The first kappa shape index (κ1) is 21.2. The van der Waals surface area contributed by atoms with Gasteiger partial charge in [-0.2, -0.15) is 0 Å². The van der Waals surface area contributed by atoms with E-state index in [9.17, 15) is 0 Å². The lowest BCUT2D eigenvalue weighted by atomic mass is 10.1. The molecule has 0 saturated heterocycles. The SMILES string of the molecule is CCNC(=NCC(C)N(C)C1CC1)NCCCc1ccccc1.I. The van der Waals surface area contributed by atoms with Gasteiger partial charge in [0.2, 0.25) is 0 Å². The molecule has 0 aromatic heterocycles. The average Bonchev–Trinajstić information content (AvgIpc) is 3.41. The predicted octanol–water partition coefficient (Wildman–Crippen LogP) is 3.28. The lowest BCUT2D eigenvalue weighted by Crippen LogP contribution is -2.40. The second-order valence-corrected chi connectivity index (χ2v) is 6.48. The van der Waals surface area contributed by atoms with E-state index >= 15 is 0 Å². The Hall–Kier alpha value is -0.820. The summed E-state index contributed by atoms with van der Waals surface area (Å²) in [6, 6.07) is 11.9.